The molecule has 0 unspecified atom stereocenters. The number of aromatic nitrogens is 1. The van der Waals surface area contributed by atoms with Crippen LogP contribution in [0.5, 0.6) is 0 Å². The van der Waals surface area contributed by atoms with Crippen molar-refractivity contribution in [2.24, 2.45) is 0 Å². The molecule has 18 heavy (non-hydrogen) atoms. The predicted molar refractivity (Wildman–Crippen MR) is 64.9 cm³/mol. The van der Waals surface area contributed by atoms with Crippen LogP contribution in [0.25, 0.3) is 0 Å². The number of carbonyl (C=O) groups excluding carboxylic acids is 1. The molecule has 2 heterocycles. The minimum atomic E-state index is -0.898. The average Bonchev–Trinajstić information content (AvgIpc) is 2.86. The van der Waals surface area contributed by atoms with Gasteiger partial charge in [-0.25, -0.2) is 4.79 Å². The van der Waals surface area contributed by atoms with Crippen LogP contribution in [-0.2, 0) is 16.0 Å². The first-order chi connectivity index (χ1) is 8.68. The van der Waals surface area contributed by atoms with Gasteiger partial charge in [0.25, 0.3) is 0 Å². The molecule has 1 N–H and O–H groups in total. The highest BCUT2D eigenvalue weighted by molar-refractivity contribution is 5.84. The highest BCUT2D eigenvalue weighted by atomic mass is 16.4. The number of carboxylic acid groups (broad SMARTS) is 1. The smallest absolute Gasteiger partial charge is 0.326 e. The monoisotopic (exact) mass is 248 g/mol. The number of carbonyl (C=O) groups is 2. The van der Waals surface area contributed by atoms with Gasteiger partial charge in [-0.15, -0.1) is 0 Å². The molecule has 0 saturated carbocycles. The van der Waals surface area contributed by atoms with Crippen molar-refractivity contribution < 1.29 is 14.7 Å². The maximum atomic E-state index is 12.0. The van der Waals surface area contributed by atoms with E-state index in [0.717, 1.165) is 12.0 Å². The lowest BCUT2D eigenvalue weighted by Gasteiger charge is -2.21. The van der Waals surface area contributed by atoms with Gasteiger partial charge in [0.1, 0.15) is 6.04 Å². The third-order valence-electron chi connectivity index (χ3n) is 3.24. The number of hydrogen-bond acceptors (Lipinski definition) is 3. The maximum Gasteiger partial charge on any atom is 0.326 e. The molecule has 1 atom stereocenters. The minimum Gasteiger partial charge on any atom is -0.480 e. The topological polar surface area (TPSA) is 70.5 Å². The molecule has 5 heteroatoms. The van der Waals surface area contributed by atoms with Gasteiger partial charge in [-0.2, -0.15) is 0 Å². The van der Waals surface area contributed by atoms with E-state index >= 15 is 0 Å². The van der Waals surface area contributed by atoms with Gasteiger partial charge in [0.15, 0.2) is 0 Å². The van der Waals surface area contributed by atoms with Crippen molar-refractivity contribution in [1.82, 2.24) is 9.88 Å². The summed E-state index contributed by atoms with van der Waals surface area (Å²) < 4.78 is 0. The highest BCUT2D eigenvalue weighted by Gasteiger charge is 2.33. The van der Waals surface area contributed by atoms with Crippen molar-refractivity contribution in [3.8, 4) is 0 Å². The summed E-state index contributed by atoms with van der Waals surface area (Å²) in [6.45, 7) is 0.562. The number of carboxylic acids is 1. The quantitative estimate of drug-likeness (QED) is 0.865. The standard InChI is InChI=1S/C13H16N2O3/c16-12(4-3-10-5-7-14-8-6-10)15-9-1-2-11(15)13(17)18/h5-8,11H,1-4,9H2,(H,17,18)/t11-/m0/s1. The van der Waals surface area contributed by atoms with Crippen molar-refractivity contribution in [2.45, 2.75) is 31.7 Å². The Kier molecular flexibility index (Phi) is 3.92. The van der Waals surface area contributed by atoms with Gasteiger partial charge in [-0.1, -0.05) is 0 Å². The molecular weight excluding hydrogens is 232 g/mol. The average molecular weight is 248 g/mol. The van der Waals surface area contributed by atoms with Gasteiger partial charge < -0.3 is 10.0 Å². The highest BCUT2D eigenvalue weighted by Crippen LogP contribution is 2.19. The second-order valence-corrected chi connectivity index (χ2v) is 4.44. The Labute approximate surface area is 105 Å². The van der Waals surface area contributed by atoms with Gasteiger partial charge >= 0.3 is 5.97 Å². The van der Waals surface area contributed by atoms with Gasteiger partial charge in [-0.3, -0.25) is 9.78 Å². The van der Waals surface area contributed by atoms with Gasteiger partial charge in [0.2, 0.25) is 5.91 Å². The molecule has 1 saturated heterocycles. The lowest BCUT2D eigenvalue weighted by molar-refractivity contribution is -0.148. The molecule has 0 radical (unpaired) electrons. The molecule has 1 aromatic heterocycles. The molecule has 1 aliphatic heterocycles. The first-order valence-corrected chi connectivity index (χ1v) is 6.09. The van der Waals surface area contributed by atoms with Crippen LogP contribution in [0.4, 0.5) is 0 Å². The molecule has 2 rings (SSSR count). The third kappa shape index (κ3) is 2.85. The number of pyridine rings is 1. The summed E-state index contributed by atoms with van der Waals surface area (Å²) in [7, 11) is 0. The molecule has 5 nitrogen and oxygen atoms in total. The van der Waals surface area contributed by atoms with E-state index in [9.17, 15) is 9.59 Å². The van der Waals surface area contributed by atoms with E-state index in [2.05, 4.69) is 4.98 Å². The molecular formula is C13H16N2O3. The van der Waals surface area contributed by atoms with Crippen LogP contribution >= 0.6 is 0 Å². The zero-order valence-corrected chi connectivity index (χ0v) is 10.1. The van der Waals surface area contributed by atoms with E-state index in [1.54, 1.807) is 12.4 Å². The minimum absolute atomic E-state index is 0.0725. The van der Waals surface area contributed by atoms with Crippen LogP contribution in [0.3, 0.4) is 0 Å². The Morgan fingerprint density at radius 3 is 2.78 bits per heavy atom. The van der Waals surface area contributed by atoms with E-state index < -0.39 is 12.0 Å². The molecule has 0 bridgehead atoms. The fourth-order valence-corrected chi connectivity index (χ4v) is 2.27. The van der Waals surface area contributed by atoms with E-state index in [1.165, 1.54) is 4.90 Å². The molecule has 0 spiro atoms. The molecule has 1 amide bonds. The number of aliphatic carboxylic acids is 1. The van der Waals surface area contributed by atoms with Crippen molar-refractivity contribution in [1.29, 1.82) is 0 Å². The molecule has 1 aromatic rings. The number of likely N-dealkylation sites (tertiary alicyclic amines) is 1. The number of amides is 1. The SMILES string of the molecule is O=C(O)[C@@H]1CCCN1C(=O)CCc1ccncc1. The zero-order chi connectivity index (χ0) is 13.0. The van der Waals surface area contributed by atoms with Crippen molar-refractivity contribution in [2.75, 3.05) is 6.54 Å². The largest absolute Gasteiger partial charge is 0.480 e. The van der Waals surface area contributed by atoms with Gasteiger partial charge in [-0.05, 0) is 37.0 Å². The van der Waals surface area contributed by atoms with Crippen LogP contribution < -0.4 is 0 Å². The van der Waals surface area contributed by atoms with Crippen LogP contribution in [-0.4, -0.2) is 39.5 Å². The Morgan fingerprint density at radius 1 is 1.39 bits per heavy atom. The lowest BCUT2D eigenvalue weighted by Crippen LogP contribution is -2.40. The fourth-order valence-electron chi connectivity index (χ4n) is 2.27. The molecule has 0 aliphatic carbocycles. The molecule has 0 aromatic carbocycles. The number of nitrogens with zero attached hydrogens (tertiary/aromatic N) is 2. The maximum absolute atomic E-state index is 12.0. The van der Waals surface area contributed by atoms with E-state index in [1.807, 2.05) is 12.1 Å². The number of rotatable bonds is 4. The normalized spacial score (nSPS) is 18.9. The van der Waals surface area contributed by atoms with Gasteiger partial charge in [0.05, 0.1) is 0 Å². The Hall–Kier alpha value is -1.91. The van der Waals surface area contributed by atoms with Crippen molar-refractivity contribution in [3.05, 3.63) is 30.1 Å². The summed E-state index contributed by atoms with van der Waals surface area (Å²) in [5, 5.41) is 9.02. The summed E-state index contributed by atoms with van der Waals surface area (Å²) in [4.78, 5) is 28.4. The Morgan fingerprint density at radius 2 is 2.11 bits per heavy atom. The molecule has 1 fully saturated rings. The first-order valence-electron chi connectivity index (χ1n) is 6.09. The van der Waals surface area contributed by atoms with Crippen molar-refractivity contribution in [3.63, 3.8) is 0 Å². The van der Waals surface area contributed by atoms with E-state index in [4.69, 9.17) is 5.11 Å². The van der Waals surface area contributed by atoms with E-state index in [0.29, 0.717) is 25.8 Å². The first kappa shape index (κ1) is 12.5. The van der Waals surface area contributed by atoms with Crippen LogP contribution in [0, 0.1) is 0 Å². The summed E-state index contributed by atoms with van der Waals surface area (Å²) in [5.74, 6) is -0.971. The fraction of sp³-hybridized carbons (Fsp3) is 0.462. The molecule has 1 aliphatic rings. The van der Waals surface area contributed by atoms with Gasteiger partial charge in [0, 0.05) is 25.4 Å². The number of aryl methyl sites for hydroxylation is 1. The third-order valence-corrected chi connectivity index (χ3v) is 3.24. The predicted octanol–water partition coefficient (Wildman–Crippen LogP) is 1.09. The van der Waals surface area contributed by atoms with Crippen molar-refractivity contribution >= 4 is 11.9 Å². The lowest BCUT2D eigenvalue weighted by atomic mass is 10.1. The number of hydrogen-bond donors (Lipinski definition) is 1. The Bertz CT molecular complexity index is 433. The zero-order valence-electron chi connectivity index (χ0n) is 10.1. The van der Waals surface area contributed by atoms with Crippen LogP contribution in [0.1, 0.15) is 24.8 Å². The Balaban J connectivity index is 1.90. The second-order valence-electron chi connectivity index (χ2n) is 4.44. The molecule has 96 valence electrons. The summed E-state index contributed by atoms with van der Waals surface area (Å²) in [6, 6.07) is 3.10. The van der Waals surface area contributed by atoms with E-state index in [-0.39, 0.29) is 5.91 Å². The summed E-state index contributed by atoms with van der Waals surface area (Å²) in [6.07, 6.45) is 5.71. The second kappa shape index (κ2) is 5.62. The van der Waals surface area contributed by atoms with Crippen LogP contribution in [0.2, 0.25) is 0 Å². The summed E-state index contributed by atoms with van der Waals surface area (Å²) in [5.41, 5.74) is 1.05. The summed E-state index contributed by atoms with van der Waals surface area (Å²) >= 11 is 0. The van der Waals surface area contributed by atoms with Crippen LogP contribution in [0.15, 0.2) is 24.5 Å².